The van der Waals surface area contributed by atoms with E-state index in [1.807, 2.05) is 30.3 Å². The van der Waals surface area contributed by atoms with Crippen molar-refractivity contribution in [3.63, 3.8) is 0 Å². The molecule has 0 aliphatic heterocycles. The Bertz CT molecular complexity index is 414. The van der Waals surface area contributed by atoms with Crippen molar-refractivity contribution in [1.29, 1.82) is 0 Å². The molecule has 6 nitrogen and oxygen atoms in total. The summed E-state index contributed by atoms with van der Waals surface area (Å²) in [7, 11) is 1.47. The van der Waals surface area contributed by atoms with Crippen molar-refractivity contribution in [2.24, 2.45) is 0 Å². The maximum absolute atomic E-state index is 10.8. The van der Waals surface area contributed by atoms with Gasteiger partial charge in [-0.1, -0.05) is 30.3 Å². The zero-order valence-corrected chi connectivity index (χ0v) is 14.0. The highest BCUT2D eigenvalue weighted by molar-refractivity contribution is 6.44. The Morgan fingerprint density at radius 3 is 2.50 bits per heavy atom. The van der Waals surface area contributed by atoms with E-state index in [0.717, 1.165) is 5.56 Å². The van der Waals surface area contributed by atoms with Crippen molar-refractivity contribution in [1.82, 2.24) is 0 Å². The molecule has 1 aromatic carbocycles. The van der Waals surface area contributed by atoms with Crippen LogP contribution in [0.25, 0.3) is 0 Å². The third-order valence-corrected chi connectivity index (χ3v) is 4.59. The molecule has 1 unspecified atom stereocenters. The second kappa shape index (κ2) is 11.3. The molecule has 0 bridgehead atoms. The van der Waals surface area contributed by atoms with Crippen LogP contribution in [0.1, 0.15) is 18.1 Å². The van der Waals surface area contributed by atoms with Crippen LogP contribution >= 0.6 is 0 Å². The SMILES string of the molecule is COCCO[Si](CCC(=O)O)OC(COC)c1ccccc1. The number of aliphatic carboxylic acids is 1. The summed E-state index contributed by atoms with van der Waals surface area (Å²) in [6, 6.07) is 10.1. The monoisotopic (exact) mass is 327 g/mol. The summed E-state index contributed by atoms with van der Waals surface area (Å²) >= 11 is 0. The lowest BCUT2D eigenvalue weighted by Crippen LogP contribution is -2.29. The van der Waals surface area contributed by atoms with Gasteiger partial charge in [-0.15, -0.1) is 0 Å². The van der Waals surface area contributed by atoms with Crippen LogP contribution in [0.15, 0.2) is 30.3 Å². The fourth-order valence-electron chi connectivity index (χ4n) is 1.79. The van der Waals surface area contributed by atoms with Crippen LogP contribution in [-0.4, -0.2) is 54.4 Å². The van der Waals surface area contributed by atoms with Crippen LogP contribution in [-0.2, 0) is 23.1 Å². The molecule has 0 saturated carbocycles. The van der Waals surface area contributed by atoms with Crippen LogP contribution in [0.4, 0.5) is 0 Å². The number of carboxylic acid groups (broad SMARTS) is 1. The molecule has 1 rings (SSSR count). The quantitative estimate of drug-likeness (QED) is 0.468. The van der Waals surface area contributed by atoms with Gasteiger partial charge in [-0.05, 0) is 5.56 Å². The Kier molecular flexibility index (Phi) is 9.68. The molecule has 0 aliphatic carbocycles. The maximum Gasteiger partial charge on any atom is 0.385 e. The summed E-state index contributed by atoms with van der Waals surface area (Å²) in [6.45, 7) is 1.22. The van der Waals surface area contributed by atoms with Gasteiger partial charge in [0.25, 0.3) is 0 Å². The Labute approximate surface area is 132 Å². The molecule has 123 valence electrons. The summed E-state index contributed by atoms with van der Waals surface area (Å²) < 4.78 is 21.8. The van der Waals surface area contributed by atoms with Crippen LogP contribution < -0.4 is 0 Å². The summed E-state index contributed by atoms with van der Waals surface area (Å²) in [6.07, 6.45) is -0.244. The summed E-state index contributed by atoms with van der Waals surface area (Å²) in [5.74, 6) is -0.857. The van der Waals surface area contributed by atoms with Gasteiger partial charge in [0.1, 0.15) is 0 Å². The molecule has 1 radical (unpaired) electrons. The Hall–Kier alpha value is -1.25. The first-order valence-electron chi connectivity index (χ1n) is 7.07. The number of carbonyl (C=O) groups is 1. The second-order valence-electron chi connectivity index (χ2n) is 4.58. The smallest absolute Gasteiger partial charge is 0.385 e. The Morgan fingerprint density at radius 2 is 1.91 bits per heavy atom. The van der Waals surface area contributed by atoms with Gasteiger partial charge in [0.2, 0.25) is 0 Å². The number of benzene rings is 1. The minimum absolute atomic E-state index is 0.0236. The number of methoxy groups -OCH3 is 2. The molecule has 1 N–H and O–H groups in total. The number of carboxylic acids is 1. The van der Waals surface area contributed by atoms with Gasteiger partial charge < -0.3 is 23.4 Å². The largest absolute Gasteiger partial charge is 0.481 e. The van der Waals surface area contributed by atoms with Crippen molar-refractivity contribution in [3.05, 3.63) is 35.9 Å². The third-order valence-electron chi connectivity index (χ3n) is 2.86. The predicted octanol–water partition coefficient (Wildman–Crippen LogP) is 2.02. The normalized spacial score (nSPS) is 12.5. The average molecular weight is 327 g/mol. The van der Waals surface area contributed by atoms with E-state index in [1.54, 1.807) is 14.2 Å². The van der Waals surface area contributed by atoms with E-state index in [2.05, 4.69) is 0 Å². The van der Waals surface area contributed by atoms with Crippen molar-refractivity contribution in [2.75, 3.05) is 34.0 Å². The van der Waals surface area contributed by atoms with Crippen molar-refractivity contribution < 1.29 is 28.2 Å². The molecule has 0 saturated heterocycles. The molecule has 0 aliphatic rings. The highest BCUT2D eigenvalue weighted by atomic mass is 28.3. The first kappa shape index (κ1) is 18.8. The van der Waals surface area contributed by atoms with Crippen LogP contribution in [0.2, 0.25) is 6.04 Å². The predicted molar refractivity (Wildman–Crippen MR) is 82.8 cm³/mol. The van der Waals surface area contributed by atoms with E-state index in [9.17, 15) is 4.79 Å². The lowest BCUT2D eigenvalue weighted by molar-refractivity contribution is -0.136. The molecule has 0 amide bonds. The molecule has 1 atom stereocenters. The zero-order chi connectivity index (χ0) is 16.2. The number of ether oxygens (including phenoxy) is 2. The Morgan fingerprint density at radius 1 is 1.18 bits per heavy atom. The van der Waals surface area contributed by atoms with Gasteiger partial charge in [0.05, 0.1) is 25.9 Å². The highest BCUT2D eigenvalue weighted by Gasteiger charge is 2.23. The number of hydrogen-bond donors (Lipinski definition) is 1. The van der Waals surface area contributed by atoms with Crippen LogP contribution in [0, 0.1) is 0 Å². The third kappa shape index (κ3) is 7.67. The average Bonchev–Trinajstić information content (AvgIpc) is 2.52. The minimum Gasteiger partial charge on any atom is -0.481 e. The van der Waals surface area contributed by atoms with E-state index in [4.69, 9.17) is 23.4 Å². The second-order valence-corrected chi connectivity index (χ2v) is 6.35. The van der Waals surface area contributed by atoms with Crippen molar-refractivity contribution in [3.8, 4) is 0 Å². The van der Waals surface area contributed by atoms with Gasteiger partial charge in [-0.3, -0.25) is 4.79 Å². The number of rotatable bonds is 12. The zero-order valence-electron chi connectivity index (χ0n) is 13.0. The lowest BCUT2D eigenvalue weighted by atomic mass is 10.1. The molecular weight excluding hydrogens is 304 g/mol. The van der Waals surface area contributed by atoms with E-state index < -0.39 is 15.3 Å². The first-order valence-corrected chi connectivity index (χ1v) is 8.59. The molecule has 0 aromatic heterocycles. The molecule has 7 heteroatoms. The molecule has 0 spiro atoms. The fraction of sp³-hybridized carbons (Fsp3) is 0.533. The summed E-state index contributed by atoms with van der Waals surface area (Å²) in [5.41, 5.74) is 0.984. The van der Waals surface area contributed by atoms with Gasteiger partial charge in [-0.2, -0.15) is 0 Å². The fourth-order valence-corrected chi connectivity index (χ4v) is 3.37. The van der Waals surface area contributed by atoms with Crippen molar-refractivity contribution in [2.45, 2.75) is 18.6 Å². The van der Waals surface area contributed by atoms with Crippen LogP contribution in [0.3, 0.4) is 0 Å². The summed E-state index contributed by atoms with van der Waals surface area (Å²) in [5, 5.41) is 8.84. The van der Waals surface area contributed by atoms with Gasteiger partial charge in [0.15, 0.2) is 0 Å². The Balaban J connectivity index is 2.66. The van der Waals surface area contributed by atoms with Gasteiger partial charge >= 0.3 is 15.3 Å². The highest BCUT2D eigenvalue weighted by Crippen LogP contribution is 2.20. The van der Waals surface area contributed by atoms with Gasteiger partial charge in [0, 0.05) is 26.7 Å². The van der Waals surface area contributed by atoms with E-state index in [1.165, 1.54) is 0 Å². The van der Waals surface area contributed by atoms with E-state index >= 15 is 0 Å². The standard InChI is InChI=1S/C15H23O6Si/c1-18-9-10-20-22(11-8-15(16)17)21-14(12-19-2)13-6-4-3-5-7-13/h3-7,14H,8-12H2,1-2H3,(H,16,17). The minimum atomic E-state index is -1.72. The number of hydrogen-bond acceptors (Lipinski definition) is 5. The molecule has 22 heavy (non-hydrogen) atoms. The van der Waals surface area contributed by atoms with E-state index in [0.29, 0.717) is 25.9 Å². The summed E-state index contributed by atoms with van der Waals surface area (Å²) in [4.78, 5) is 10.8. The molecule has 1 aromatic rings. The molecule has 0 fully saturated rings. The van der Waals surface area contributed by atoms with Crippen LogP contribution in [0.5, 0.6) is 0 Å². The van der Waals surface area contributed by atoms with E-state index in [-0.39, 0.29) is 12.5 Å². The van der Waals surface area contributed by atoms with Crippen molar-refractivity contribution >= 4 is 15.3 Å². The molecule has 0 heterocycles. The van der Waals surface area contributed by atoms with Gasteiger partial charge in [-0.25, -0.2) is 0 Å². The first-order chi connectivity index (χ1) is 10.7. The topological polar surface area (TPSA) is 74.2 Å². The lowest BCUT2D eigenvalue weighted by Gasteiger charge is -2.23. The maximum atomic E-state index is 10.8. The molecular formula is C15H23O6Si.